The summed E-state index contributed by atoms with van der Waals surface area (Å²) in [6, 6.07) is 8.54. The lowest BCUT2D eigenvalue weighted by atomic mass is 10.1. The SMILES string of the molecule is NC(=O)[C@H](Cc1ccccc1)NC(=O)c1cnccn1. The minimum Gasteiger partial charge on any atom is -0.368 e. The van der Waals surface area contributed by atoms with E-state index in [4.69, 9.17) is 5.73 Å². The number of rotatable bonds is 5. The summed E-state index contributed by atoms with van der Waals surface area (Å²) in [6.07, 6.45) is 4.54. The molecule has 20 heavy (non-hydrogen) atoms. The second-order valence-corrected chi connectivity index (χ2v) is 4.21. The Morgan fingerprint density at radius 3 is 2.55 bits per heavy atom. The summed E-state index contributed by atoms with van der Waals surface area (Å²) in [5.74, 6) is -1.07. The van der Waals surface area contributed by atoms with Gasteiger partial charge in [0.15, 0.2) is 0 Å². The van der Waals surface area contributed by atoms with Crippen molar-refractivity contribution in [2.75, 3.05) is 0 Å². The Bertz CT molecular complexity index is 587. The van der Waals surface area contributed by atoms with Crippen molar-refractivity contribution in [1.29, 1.82) is 0 Å². The minimum absolute atomic E-state index is 0.145. The molecule has 2 aromatic rings. The van der Waals surface area contributed by atoms with Crippen molar-refractivity contribution in [1.82, 2.24) is 15.3 Å². The first-order valence-corrected chi connectivity index (χ1v) is 6.07. The summed E-state index contributed by atoms with van der Waals surface area (Å²) >= 11 is 0. The first-order valence-electron chi connectivity index (χ1n) is 6.07. The third-order valence-electron chi connectivity index (χ3n) is 2.73. The smallest absolute Gasteiger partial charge is 0.272 e. The van der Waals surface area contributed by atoms with Crippen LogP contribution in [-0.2, 0) is 11.2 Å². The molecule has 0 aliphatic rings. The Morgan fingerprint density at radius 2 is 1.95 bits per heavy atom. The van der Waals surface area contributed by atoms with Gasteiger partial charge in [-0.2, -0.15) is 0 Å². The van der Waals surface area contributed by atoms with Gasteiger partial charge in [0.1, 0.15) is 11.7 Å². The maximum absolute atomic E-state index is 11.9. The van der Waals surface area contributed by atoms with E-state index in [9.17, 15) is 9.59 Å². The van der Waals surface area contributed by atoms with Crippen molar-refractivity contribution >= 4 is 11.8 Å². The third kappa shape index (κ3) is 3.61. The molecule has 0 unspecified atom stereocenters. The largest absolute Gasteiger partial charge is 0.368 e. The van der Waals surface area contributed by atoms with Crippen molar-refractivity contribution in [2.24, 2.45) is 5.73 Å². The van der Waals surface area contributed by atoms with Crippen LogP contribution in [0, 0.1) is 0 Å². The van der Waals surface area contributed by atoms with Crippen LogP contribution < -0.4 is 11.1 Å². The van der Waals surface area contributed by atoms with E-state index >= 15 is 0 Å². The summed E-state index contributed by atoms with van der Waals surface area (Å²) in [4.78, 5) is 31.0. The Hall–Kier alpha value is -2.76. The predicted molar refractivity (Wildman–Crippen MR) is 72.6 cm³/mol. The van der Waals surface area contributed by atoms with Crippen LogP contribution in [0.15, 0.2) is 48.9 Å². The number of carbonyl (C=O) groups is 2. The first-order chi connectivity index (χ1) is 9.66. The number of benzene rings is 1. The van der Waals surface area contributed by atoms with Gasteiger partial charge in [-0.25, -0.2) is 4.98 Å². The lowest BCUT2D eigenvalue weighted by Gasteiger charge is -2.15. The summed E-state index contributed by atoms with van der Waals surface area (Å²) in [5, 5.41) is 2.57. The number of hydrogen-bond acceptors (Lipinski definition) is 4. The zero-order valence-electron chi connectivity index (χ0n) is 10.7. The molecule has 0 aliphatic carbocycles. The molecule has 0 fully saturated rings. The van der Waals surface area contributed by atoms with E-state index in [1.165, 1.54) is 18.6 Å². The Labute approximate surface area is 116 Å². The van der Waals surface area contributed by atoms with Gasteiger partial charge in [-0.15, -0.1) is 0 Å². The number of hydrogen-bond donors (Lipinski definition) is 2. The molecule has 2 amide bonds. The molecule has 1 atom stereocenters. The van der Waals surface area contributed by atoms with E-state index in [0.717, 1.165) is 5.56 Å². The average molecular weight is 270 g/mol. The second kappa shape index (κ2) is 6.42. The van der Waals surface area contributed by atoms with E-state index in [1.807, 2.05) is 30.3 Å². The molecular formula is C14H14N4O2. The number of amides is 2. The van der Waals surface area contributed by atoms with Crippen molar-refractivity contribution in [2.45, 2.75) is 12.5 Å². The van der Waals surface area contributed by atoms with Gasteiger partial charge in [-0.1, -0.05) is 30.3 Å². The van der Waals surface area contributed by atoms with E-state index in [0.29, 0.717) is 6.42 Å². The van der Waals surface area contributed by atoms with Crippen molar-refractivity contribution in [3.8, 4) is 0 Å². The van der Waals surface area contributed by atoms with Gasteiger partial charge >= 0.3 is 0 Å². The highest BCUT2D eigenvalue weighted by molar-refractivity contribution is 5.95. The van der Waals surface area contributed by atoms with Crippen LogP contribution in [0.3, 0.4) is 0 Å². The van der Waals surface area contributed by atoms with Crippen LogP contribution in [0.4, 0.5) is 0 Å². The lowest BCUT2D eigenvalue weighted by molar-refractivity contribution is -0.119. The van der Waals surface area contributed by atoms with Gasteiger partial charge in [0, 0.05) is 18.8 Å². The second-order valence-electron chi connectivity index (χ2n) is 4.21. The zero-order valence-corrected chi connectivity index (χ0v) is 10.7. The fourth-order valence-corrected chi connectivity index (χ4v) is 1.72. The highest BCUT2D eigenvalue weighted by atomic mass is 16.2. The molecule has 0 bridgehead atoms. The van der Waals surface area contributed by atoms with Gasteiger partial charge in [0.25, 0.3) is 5.91 Å². The molecule has 3 N–H and O–H groups in total. The molecule has 2 rings (SSSR count). The molecule has 0 spiro atoms. The number of primary amides is 1. The number of nitrogens with zero attached hydrogens (tertiary/aromatic N) is 2. The van der Waals surface area contributed by atoms with Crippen LogP contribution in [-0.4, -0.2) is 27.8 Å². The lowest BCUT2D eigenvalue weighted by Crippen LogP contribution is -2.46. The fourth-order valence-electron chi connectivity index (χ4n) is 1.72. The quantitative estimate of drug-likeness (QED) is 0.816. The number of aromatic nitrogens is 2. The summed E-state index contributed by atoms with van der Waals surface area (Å²) < 4.78 is 0. The fraction of sp³-hybridized carbons (Fsp3) is 0.143. The molecule has 102 valence electrons. The Balaban J connectivity index is 2.07. The maximum atomic E-state index is 11.9. The van der Waals surface area contributed by atoms with Crippen LogP contribution in [0.1, 0.15) is 16.1 Å². The first kappa shape index (κ1) is 13.7. The highest BCUT2D eigenvalue weighted by Gasteiger charge is 2.20. The molecule has 6 nitrogen and oxygen atoms in total. The monoisotopic (exact) mass is 270 g/mol. The minimum atomic E-state index is -0.785. The molecule has 0 saturated carbocycles. The van der Waals surface area contributed by atoms with Gasteiger partial charge < -0.3 is 11.1 Å². The molecular weight excluding hydrogens is 256 g/mol. The van der Waals surface area contributed by atoms with Crippen LogP contribution >= 0.6 is 0 Å². The zero-order chi connectivity index (χ0) is 14.4. The topological polar surface area (TPSA) is 98.0 Å². The van der Waals surface area contributed by atoms with Crippen molar-refractivity contribution in [3.05, 3.63) is 60.2 Å². The van der Waals surface area contributed by atoms with Crippen molar-refractivity contribution in [3.63, 3.8) is 0 Å². The Kier molecular flexibility index (Phi) is 4.39. The van der Waals surface area contributed by atoms with Gasteiger partial charge in [0.05, 0.1) is 6.20 Å². The molecule has 1 heterocycles. The van der Waals surface area contributed by atoms with E-state index in [-0.39, 0.29) is 5.69 Å². The van der Waals surface area contributed by atoms with Gasteiger partial charge in [-0.05, 0) is 5.56 Å². The number of carbonyl (C=O) groups excluding carboxylic acids is 2. The highest BCUT2D eigenvalue weighted by Crippen LogP contribution is 2.04. The molecule has 1 aromatic heterocycles. The van der Waals surface area contributed by atoms with Gasteiger partial charge in [-0.3, -0.25) is 14.6 Å². The standard InChI is InChI=1S/C14H14N4O2/c15-13(19)11(8-10-4-2-1-3-5-10)18-14(20)12-9-16-6-7-17-12/h1-7,9,11H,8H2,(H2,15,19)(H,18,20)/t11-/m0/s1. The van der Waals surface area contributed by atoms with E-state index < -0.39 is 17.9 Å². The molecule has 1 aromatic carbocycles. The van der Waals surface area contributed by atoms with Gasteiger partial charge in [0.2, 0.25) is 5.91 Å². The molecule has 6 heteroatoms. The number of nitrogens with two attached hydrogens (primary N) is 1. The average Bonchev–Trinajstić information content (AvgIpc) is 2.48. The van der Waals surface area contributed by atoms with Crippen LogP contribution in [0.5, 0.6) is 0 Å². The summed E-state index contributed by atoms with van der Waals surface area (Å²) in [5.41, 5.74) is 6.38. The van der Waals surface area contributed by atoms with E-state index in [2.05, 4.69) is 15.3 Å². The number of nitrogens with one attached hydrogen (secondary N) is 1. The third-order valence-corrected chi connectivity index (χ3v) is 2.73. The summed E-state index contributed by atoms with van der Waals surface area (Å²) in [6.45, 7) is 0. The Morgan fingerprint density at radius 1 is 1.20 bits per heavy atom. The summed E-state index contributed by atoms with van der Waals surface area (Å²) in [7, 11) is 0. The van der Waals surface area contributed by atoms with E-state index in [1.54, 1.807) is 0 Å². The molecule has 0 radical (unpaired) electrons. The van der Waals surface area contributed by atoms with Crippen molar-refractivity contribution < 1.29 is 9.59 Å². The predicted octanol–water partition coefficient (Wildman–Crippen LogP) is 0.303. The molecule has 0 aliphatic heterocycles. The normalized spacial score (nSPS) is 11.6. The molecule has 0 saturated heterocycles. The van der Waals surface area contributed by atoms with Crippen LogP contribution in [0.2, 0.25) is 0 Å². The van der Waals surface area contributed by atoms with Crippen LogP contribution in [0.25, 0.3) is 0 Å². The maximum Gasteiger partial charge on any atom is 0.272 e.